The van der Waals surface area contributed by atoms with Gasteiger partial charge in [-0.15, -0.1) is 0 Å². The summed E-state index contributed by atoms with van der Waals surface area (Å²) in [4.78, 5) is 9.19. The molecule has 0 aliphatic heterocycles. The van der Waals surface area contributed by atoms with Crippen molar-refractivity contribution in [2.24, 2.45) is 0 Å². The van der Waals surface area contributed by atoms with Crippen molar-refractivity contribution < 1.29 is 0 Å². The molecule has 3 aliphatic carbocycles. The summed E-state index contributed by atoms with van der Waals surface area (Å²) in [5.41, 5.74) is 28.5. The highest BCUT2D eigenvalue weighted by molar-refractivity contribution is 6.25. The maximum absolute atomic E-state index is 9.77. The normalized spacial score (nSPS) is 13.3. The summed E-state index contributed by atoms with van der Waals surface area (Å²) in [7, 11) is 0. The van der Waals surface area contributed by atoms with E-state index in [-0.39, 0.29) is 16.2 Å². The topological polar surface area (TPSA) is 121 Å². The average molecular weight is 1470 g/mol. The molecule has 0 radical (unpaired) electrons. The Morgan fingerprint density at radius 1 is 0.235 bits per heavy atom. The third kappa shape index (κ3) is 10.7. The molecule has 0 amide bonds. The van der Waals surface area contributed by atoms with Crippen LogP contribution in [0.5, 0.6) is 0 Å². The van der Waals surface area contributed by atoms with Gasteiger partial charge in [0.1, 0.15) is 0 Å². The fraction of sp³-hybridized carbons (Fsp3) is 0.0826. The highest BCUT2D eigenvalue weighted by atomic mass is 14.7. The van der Waals surface area contributed by atoms with Gasteiger partial charge in [-0.1, -0.05) is 272 Å². The van der Waals surface area contributed by atoms with E-state index in [1.54, 1.807) is 0 Å². The van der Waals surface area contributed by atoms with E-state index in [4.69, 9.17) is 0 Å². The van der Waals surface area contributed by atoms with Gasteiger partial charge in [0.15, 0.2) is 0 Å². The summed E-state index contributed by atoms with van der Waals surface area (Å²) in [5, 5.41) is 58.0. The van der Waals surface area contributed by atoms with Gasteiger partial charge in [-0.2, -0.15) is 21.0 Å². The standard InChI is InChI=1S/C39H26N2.C35H24N2.C35H22N2/c1-39(2)34-18-13-24(23-40)20-33(34)30-10-7-11-32-36(29-8-3-4-9-31(29)38(39)37(30)32)27-17-15-25-14-16-26(21-28(25)22-27)35-12-5-6-19-41-35;1-35(2)30-18-17-24(31-12-5-6-19-37-31)20-29(30)26-10-7-11-28-32(23-15-13-22(21-36)14-16-23)25-8-3-4-9-27(25)34(35)33(26)28;1-35(2)31-18-21(19-36)14-16-25(31)26-12-7-13-30-32(27-10-5-6-11-29(27)34(35)33(26)30)28-17-15-22(20-37)23-8-3-4-9-24(23)28/h3-22H,1-2H3;3-20H,1-2H3;3-18H,1-2H3. The monoisotopic (exact) mass is 1460 g/mol. The zero-order chi connectivity index (χ0) is 78.2. The lowest BCUT2D eigenvalue weighted by atomic mass is 9.66. The molecule has 2 heterocycles. The minimum Gasteiger partial charge on any atom is -0.256 e. The second-order valence-electron chi connectivity index (χ2n) is 32.2. The molecule has 2 aromatic heterocycles. The Kier molecular flexibility index (Phi) is 16.1. The lowest BCUT2D eigenvalue weighted by Crippen LogP contribution is -2.24. The number of pyridine rings is 2. The quantitative estimate of drug-likeness (QED) is 0.158. The molecule has 22 rings (SSSR count). The van der Waals surface area contributed by atoms with Gasteiger partial charge < -0.3 is 0 Å². The van der Waals surface area contributed by atoms with Crippen molar-refractivity contribution in [1.82, 2.24) is 9.97 Å². The minimum atomic E-state index is -0.292. The number of nitriles is 4. The molecule has 0 atom stereocenters. The van der Waals surface area contributed by atoms with Crippen LogP contribution in [-0.4, -0.2) is 9.97 Å². The van der Waals surface area contributed by atoms with Crippen LogP contribution in [0.1, 0.15) is 97.2 Å². The number of benzene rings is 17. The first-order chi connectivity index (χ1) is 56.2. The Bertz CT molecular complexity index is 7590. The van der Waals surface area contributed by atoms with Gasteiger partial charge in [-0.3, -0.25) is 9.97 Å². The van der Waals surface area contributed by atoms with E-state index >= 15 is 0 Å². The van der Waals surface area contributed by atoms with E-state index in [0.29, 0.717) is 22.3 Å². The van der Waals surface area contributed by atoms with E-state index in [1.807, 2.05) is 85.2 Å². The van der Waals surface area contributed by atoms with Crippen LogP contribution in [0.4, 0.5) is 0 Å². The smallest absolute Gasteiger partial charge is 0.0998 e. The number of hydrogen-bond acceptors (Lipinski definition) is 6. The van der Waals surface area contributed by atoms with Crippen molar-refractivity contribution >= 4 is 86.2 Å². The summed E-state index contributed by atoms with van der Waals surface area (Å²) < 4.78 is 0. The first kappa shape index (κ1) is 69.3. The number of aromatic nitrogens is 2. The third-order valence-electron chi connectivity index (χ3n) is 24.9. The zero-order valence-corrected chi connectivity index (χ0v) is 64.4. The van der Waals surface area contributed by atoms with Crippen LogP contribution in [0.15, 0.2) is 328 Å². The van der Waals surface area contributed by atoms with Crippen LogP contribution in [0, 0.1) is 45.3 Å². The molecule has 0 bridgehead atoms. The fourth-order valence-corrected chi connectivity index (χ4v) is 19.8. The molecule has 17 aromatic carbocycles. The molecule has 6 heteroatoms. The van der Waals surface area contributed by atoms with E-state index in [1.165, 1.54) is 159 Å². The summed E-state index contributed by atoms with van der Waals surface area (Å²) in [5.74, 6) is 0. The Morgan fingerprint density at radius 2 is 0.626 bits per heavy atom. The first-order valence-corrected chi connectivity index (χ1v) is 39.1. The summed E-state index contributed by atoms with van der Waals surface area (Å²) in [6.07, 6.45) is 3.70. The van der Waals surface area contributed by atoms with Crippen LogP contribution in [0.2, 0.25) is 0 Å². The predicted molar refractivity (Wildman–Crippen MR) is 474 cm³/mol. The Balaban J connectivity index is 0.000000112. The Hall–Kier alpha value is -14.9. The van der Waals surface area contributed by atoms with Gasteiger partial charge in [0.05, 0.1) is 57.9 Å². The van der Waals surface area contributed by atoms with Crippen LogP contribution in [0.3, 0.4) is 0 Å². The van der Waals surface area contributed by atoms with E-state index in [9.17, 15) is 21.0 Å². The van der Waals surface area contributed by atoms with Gasteiger partial charge in [0.2, 0.25) is 0 Å². The highest BCUT2D eigenvalue weighted by Crippen LogP contribution is 2.59. The van der Waals surface area contributed by atoms with Gasteiger partial charge >= 0.3 is 0 Å². The molecule has 0 unspecified atom stereocenters. The molecule has 6 nitrogen and oxygen atoms in total. The summed E-state index contributed by atoms with van der Waals surface area (Å²) in [6, 6.07) is 120. The van der Waals surface area contributed by atoms with Gasteiger partial charge in [0.25, 0.3) is 0 Å². The van der Waals surface area contributed by atoms with Gasteiger partial charge in [0, 0.05) is 45.2 Å². The third-order valence-corrected chi connectivity index (χ3v) is 24.9. The molecule has 538 valence electrons. The largest absolute Gasteiger partial charge is 0.256 e. The molecule has 19 aromatic rings. The fourth-order valence-electron chi connectivity index (χ4n) is 19.8. The van der Waals surface area contributed by atoms with Crippen molar-refractivity contribution in [3.63, 3.8) is 0 Å². The summed E-state index contributed by atoms with van der Waals surface area (Å²) in [6.45, 7) is 13.9. The van der Waals surface area contributed by atoms with Crippen molar-refractivity contribution in [2.45, 2.75) is 57.8 Å². The van der Waals surface area contributed by atoms with Crippen LogP contribution in [0.25, 0.3) is 175 Å². The molecule has 0 fully saturated rings. The molecule has 0 saturated carbocycles. The molecular formula is C109H72N6. The lowest BCUT2D eigenvalue weighted by Gasteiger charge is -2.37. The number of hydrogen-bond donors (Lipinski definition) is 0. The summed E-state index contributed by atoms with van der Waals surface area (Å²) >= 11 is 0. The Morgan fingerprint density at radius 3 is 1.17 bits per heavy atom. The number of fused-ring (bicyclic) bond motifs is 14. The van der Waals surface area contributed by atoms with Crippen molar-refractivity contribution in [1.29, 1.82) is 21.0 Å². The second-order valence-corrected chi connectivity index (χ2v) is 32.2. The average Bonchev–Trinajstić information content (AvgIpc) is 0.703. The predicted octanol–water partition coefficient (Wildman–Crippen LogP) is 27.8. The van der Waals surface area contributed by atoms with Crippen molar-refractivity contribution in [2.75, 3.05) is 0 Å². The van der Waals surface area contributed by atoms with Crippen LogP contribution >= 0.6 is 0 Å². The molecule has 0 spiro atoms. The first-order valence-electron chi connectivity index (χ1n) is 39.1. The molecule has 0 saturated heterocycles. The van der Waals surface area contributed by atoms with Gasteiger partial charge in [-0.25, -0.2) is 0 Å². The van der Waals surface area contributed by atoms with Crippen molar-refractivity contribution in [3.05, 3.63) is 383 Å². The molecule has 115 heavy (non-hydrogen) atoms. The maximum atomic E-state index is 9.77. The zero-order valence-electron chi connectivity index (χ0n) is 64.4. The molecule has 0 N–H and O–H groups in total. The minimum absolute atomic E-state index is 0.187. The molecular weight excluding hydrogens is 1390 g/mol. The second kappa shape index (κ2) is 26.7. The maximum Gasteiger partial charge on any atom is 0.0998 e. The lowest BCUT2D eigenvalue weighted by molar-refractivity contribution is 0.651. The van der Waals surface area contributed by atoms with E-state index < -0.39 is 0 Å². The molecule has 3 aliphatic rings. The van der Waals surface area contributed by atoms with Crippen LogP contribution in [-0.2, 0) is 16.2 Å². The van der Waals surface area contributed by atoms with Crippen LogP contribution < -0.4 is 0 Å². The highest BCUT2D eigenvalue weighted by Gasteiger charge is 2.40. The Labute approximate surface area is 667 Å². The SMILES string of the molecule is CC1(C)c2cc(C#N)ccc2-c2cccc3c(-c4ccc(C#N)c5ccccc45)c4ccccc4c1c23.CC1(C)c2ccc(-c3ccccn3)cc2-c2cccc3c(-c4ccc(C#N)cc4)c4ccccc4c1c23.CC1(C)c2ccc(C#N)cc2-c2cccc3c(-c4ccc5ccc(-c6ccccn6)cc5c4)c4ccccc4c1c23. The van der Waals surface area contributed by atoms with E-state index in [2.05, 4.69) is 318 Å². The van der Waals surface area contributed by atoms with E-state index in [0.717, 1.165) is 50.0 Å². The van der Waals surface area contributed by atoms with Crippen molar-refractivity contribution in [3.8, 4) is 114 Å². The van der Waals surface area contributed by atoms with Gasteiger partial charge in [-0.05, 0) is 266 Å². The number of nitrogens with zero attached hydrogens (tertiary/aromatic N) is 6. The number of rotatable bonds is 5.